The van der Waals surface area contributed by atoms with Gasteiger partial charge in [-0.05, 0) is 29.9 Å². The molecule has 0 nitrogen and oxygen atoms in total. The van der Waals surface area contributed by atoms with E-state index in [0.29, 0.717) is 5.92 Å². The smallest absolute Gasteiger partial charge is 0.0686 e. The second-order valence-corrected chi connectivity index (χ2v) is 15.2. The zero-order chi connectivity index (χ0) is 22.4. The van der Waals surface area contributed by atoms with Crippen LogP contribution in [0, 0.1) is 5.92 Å². The van der Waals surface area contributed by atoms with Crippen LogP contribution in [0.25, 0.3) is 5.47 Å². The number of benzene rings is 3. The Balaban J connectivity index is 2.00. The van der Waals surface area contributed by atoms with Gasteiger partial charge in [0.25, 0.3) is 0 Å². The number of hydrogen-bond donors (Lipinski definition) is 0. The summed E-state index contributed by atoms with van der Waals surface area (Å²) >= 11 is 0. The van der Waals surface area contributed by atoms with Gasteiger partial charge in [-0.15, -0.1) is 0 Å². The molecule has 3 aromatic carbocycles. The zero-order valence-corrected chi connectivity index (χ0v) is 20.9. The van der Waals surface area contributed by atoms with Gasteiger partial charge in [-0.3, -0.25) is 0 Å². The lowest BCUT2D eigenvalue weighted by molar-refractivity contribution is 0.405. The minimum Gasteiger partial charge on any atom is -0.0686 e. The molecule has 1 aliphatic carbocycles. The largest absolute Gasteiger partial charge is 0.242 e. The van der Waals surface area contributed by atoms with Gasteiger partial charge in [-0.25, -0.2) is 0 Å². The normalized spacial score (nSPS) is 15.8. The third kappa shape index (κ3) is 5.82. The molecule has 0 unspecified atom stereocenters. The van der Waals surface area contributed by atoms with E-state index in [9.17, 15) is 0 Å². The molecule has 0 radical (unpaired) electrons. The van der Waals surface area contributed by atoms with Crippen molar-refractivity contribution in [3.8, 4) is 0 Å². The SMILES string of the molecule is C[P+](C)(C)C/C(=C(\B(c1ccccc1)c1ccccc1)c1ccccc1)C1CCCCC1. The Morgan fingerprint density at radius 2 is 1.16 bits per heavy atom. The van der Waals surface area contributed by atoms with Crippen LogP contribution in [0.5, 0.6) is 0 Å². The summed E-state index contributed by atoms with van der Waals surface area (Å²) in [6.45, 7) is 7.80. The molecule has 1 saturated carbocycles. The van der Waals surface area contributed by atoms with E-state index < -0.39 is 7.26 Å². The van der Waals surface area contributed by atoms with Crippen LogP contribution in [-0.4, -0.2) is 32.9 Å². The van der Waals surface area contributed by atoms with E-state index in [4.69, 9.17) is 0 Å². The minimum atomic E-state index is -0.994. The maximum atomic E-state index is 2.51. The lowest BCUT2D eigenvalue weighted by Gasteiger charge is -2.32. The fraction of sp³-hybridized carbons (Fsp3) is 0.333. The molecule has 32 heavy (non-hydrogen) atoms. The number of hydrogen-bond acceptors (Lipinski definition) is 0. The van der Waals surface area contributed by atoms with Crippen LogP contribution in [-0.2, 0) is 0 Å². The highest BCUT2D eigenvalue weighted by atomic mass is 31.2. The molecule has 2 heteroatoms. The molecule has 0 N–H and O–H groups in total. The van der Waals surface area contributed by atoms with Crippen molar-refractivity contribution in [1.29, 1.82) is 0 Å². The fourth-order valence-corrected chi connectivity index (χ4v) is 6.82. The van der Waals surface area contributed by atoms with Crippen LogP contribution in [0.4, 0.5) is 0 Å². The summed E-state index contributed by atoms with van der Waals surface area (Å²) in [6, 6.07) is 33.6. The van der Waals surface area contributed by atoms with Crippen molar-refractivity contribution in [2.45, 2.75) is 32.1 Å². The standard InChI is InChI=1S/C30H37BP/c1-32(2,3)24-29(25-16-8-4-9-17-25)30(26-18-10-5-11-19-26)31(27-20-12-6-13-21-27)28-22-14-7-15-23-28/h5-7,10-15,18-23,25H,4,8-9,16-17,24H2,1-3H3/q+1/b30-29+. The molecule has 0 amide bonds. The van der Waals surface area contributed by atoms with Crippen molar-refractivity contribution in [1.82, 2.24) is 0 Å². The predicted molar refractivity (Wildman–Crippen MR) is 147 cm³/mol. The fourth-order valence-electron chi connectivity index (χ4n) is 5.37. The molecular formula is C30H37BP+. The highest BCUT2D eigenvalue weighted by molar-refractivity contribution is 7.73. The van der Waals surface area contributed by atoms with Crippen molar-refractivity contribution in [3.05, 3.63) is 102 Å². The van der Waals surface area contributed by atoms with E-state index in [2.05, 4.69) is 111 Å². The monoisotopic (exact) mass is 439 g/mol. The van der Waals surface area contributed by atoms with Crippen molar-refractivity contribution in [2.75, 3.05) is 26.2 Å². The third-order valence-electron chi connectivity index (χ3n) is 6.73. The van der Waals surface area contributed by atoms with Crippen LogP contribution in [0.3, 0.4) is 0 Å². The van der Waals surface area contributed by atoms with E-state index in [1.54, 1.807) is 11.0 Å². The highest BCUT2D eigenvalue weighted by Crippen LogP contribution is 2.52. The lowest BCUT2D eigenvalue weighted by Crippen LogP contribution is -2.44. The summed E-state index contributed by atoms with van der Waals surface area (Å²) in [5, 5.41) is 0. The maximum absolute atomic E-state index is 2.51. The van der Waals surface area contributed by atoms with Crippen LogP contribution >= 0.6 is 7.26 Å². The molecule has 0 heterocycles. The quantitative estimate of drug-likeness (QED) is 0.281. The van der Waals surface area contributed by atoms with Crippen LogP contribution in [0.2, 0.25) is 0 Å². The highest BCUT2D eigenvalue weighted by Gasteiger charge is 2.34. The summed E-state index contributed by atoms with van der Waals surface area (Å²) < 4.78 is 0. The number of rotatable bonds is 7. The van der Waals surface area contributed by atoms with Gasteiger partial charge in [-0.2, -0.15) is 0 Å². The second-order valence-electron chi connectivity index (χ2n) is 10.3. The Hall–Kier alpha value is -2.11. The van der Waals surface area contributed by atoms with Gasteiger partial charge in [0.15, 0.2) is 0 Å². The molecule has 0 atom stereocenters. The maximum Gasteiger partial charge on any atom is 0.242 e. The van der Waals surface area contributed by atoms with Crippen molar-refractivity contribution in [3.63, 3.8) is 0 Å². The average Bonchev–Trinajstić information content (AvgIpc) is 2.83. The molecule has 4 rings (SSSR count). The Morgan fingerprint density at radius 1 is 0.688 bits per heavy atom. The topological polar surface area (TPSA) is 0 Å². The van der Waals surface area contributed by atoms with E-state index >= 15 is 0 Å². The summed E-state index contributed by atoms with van der Waals surface area (Å²) in [5.41, 5.74) is 7.52. The first-order chi connectivity index (χ1) is 15.5. The van der Waals surface area contributed by atoms with Crippen molar-refractivity contribution >= 4 is 30.4 Å². The van der Waals surface area contributed by atoms with E-state index in [0.717, 1.165) is 0 Å². The zero-order valence-electron chi connectivity index (χ0n) is 20.0. The van der Waals surface area contributed by atoms with Gasteiger partial charge in [0, 0.05) is 27.3 Å². The molecule has 1 fully saturated rings. The third-order valence-corrected chi connectivity index (χ3v) is 8.02. The van der Waals surface area contributed by atoms with Crippen LogP contribution < -0.4 is 10.9 Å². The summed E-state index contributed by atoms with van der Waals surface area (Å²) in [6.07, 6.45) is 8.11. The van der Waals surface area contributed by atoms with E-state index in [1.165, 1.54) is 54.8 Å². The van der Waals surface area contributed by atoms with E-state index in [-0.39, 0.29) is 6.71 Å². The molecule has 0 aliphatic heterocycles. The molecule has 0 aromatic heterocycles. The molecule has 164 valence electrons. The summed E-state index contributed by atoms with van der Waals surface area (Å²) in [4.78, 5) is 0. The molecule has 1 aliphatic rings. The average molecular weight is 439 g/mol. The Morgan fingerprint density at radius 3 is 1.62 bits per heavy atom. The summed E-state index contributed by atoms with van der Waals surface area (Å²) in [5.74, 6) is 0.716. The number of allylic oxidation sites excluding steroid dienone is 1. The molecule has 3 aromatic rings. The predicted octanol–water partition coefficient (Wildman–Crippen LogP) is 6.78. The summed E-state index contributed by atoms with van der Waals surface area (Å²) in [7, 11) is -0.994. The first-order valence-electron chi connectivity index (χ1n) is 12.2. The van der Waals surface area contributed by atoms with Gasteiger partial charge >= 0.3 is 0 Å². The molecule has 0 spiro atoms. The van der Waals surface area contributed by atoms with E-state index in [1.807, 2.05) is 0 Å². The second kappa shape index (κ2) is 10.7. The van der Waals surface area contributed by atoms with Gasteiger partial charge in [0.2, 0.25) is 6.71 Å². The van der Waals surface area contributed by atoms with Crippen molar-refractivity contribution in [2.24, 2.45) is 5.92 Å². The van der Waals surface area contributed by atoms with Crippen LogP contribution in [0.1, 0.15) is 37.7 Å². The molecule has 0 bridgehead atoms. The first-order valence-corrected chi connectivity index (χ1v) is 15.5. The van der Waals surface area contributed by atoms with Gasteiger partial charge < -0.3 is 0 Å². The van der Waals surface area contributed by atoms with Crippen molar-refractivity contribution < 1.29 is 0 Å². The molecule has 0 saturated heterocycles. The minimum absolute atomic E-state index is 0.267. The Bertz CT molecular complexity index is 957. The Labute approximate surface area is 196 Å². The van der Waals surface area contributed by atoms with Gasteiger partial charge in [-0.1, -0.05) is 127 Å². The lowest BCUT2D eigenvalue weighted by atomic mass is 9.34. The van der Waals surface area contributed by atoms with Gasteiger partial charge in [0.1, 0.15) is 0 Å². The first kappa shape index (κ1) is 23.1. The Kier molecular flexibility index (Phi) is 7.69. The molecular weight excluding hydrogens is 402 g/mol. The van der Waals surface area contributed by atoms with Gasteiger partial charge in [0.05, 0.1) is 6.16 Å². The van der Waals surface area contributed by atoms with Crippen LogP contribution in [0.15, 0.2) is 96.6 Å².